The van der Waals surface area contributed by atoms with Crippen molar-refractivity contribution < 1.29 is 14.0 Å². The van der Waals surface area contributed by atoms with Crippen molar-refractivity contribution in [3.05, 3.63) is 36.1 Å². The number of furan rings is 1. The average molecular weight is 249 g/mol. The summed E-state index contributed by atoms with van der Waals surface area (Å²) >= 11 is 0. The normalized spacial score (nSPS) is 9.78. The van der Waals surface area contributed by atoms with E-state index in [0.29, 0.717) is 6.42 Å². The van der Waals surface area contributed by atoms with Crippen LogP contribution in [0.15, 0.2) is 34.9 Å². The zero-order valence-electron chi connectivity index (χ0n) is 11.3. The zero-order chi connectivity index (χ0) is 13.5. The summed E-state index contributed by atoms with van der Waals surface area (Å²) in [5, 5.41) is 2.25. The van der Waals surface area contributed by atoms with E-state index in [4.69, 9.17) is 9.25 Å². The van der Waals surface area contributed by atoms with E-state index in [1.165, 1.54) is 12.2 Å². The maximum absolute atomic E-state index is 11.6. The maximum atomic E-state index is 11.6. The molecule has 0 aliphatic rings. The number of amides is 1. The molecular weight excluding hydrogens is 230 g/mol. The minimum atomic E-state index is -0.0894. The molecule has 0 spiro atoms. The Morgan fingerprint density at radius 1 is 1.33 bits per heavy atom. The van der Waals surface area contributed by atoms with Crippen LogP contribution in [-0.2, 0) is 16.1 Å². The second-order valence-electron chi connectivity index (χ2n) is 3.54. The minimum absolute atomic E-state index is 0.0894. The molecule has 98 valence electrons. The molecule has 1 aromatic heterocycles. The Hall–Kier alpha value is -1.81. The first-order valence-electron chi connectivity index (χ1n) is 5.97. The van der Waals surface area contributed by atoms with Crippen molar-refractivity contribution >= 4 is 16.9 Å². The molecule has 0 aliphatic carbocycles. The first-order valence-corrected chi connectivity index (χ1v) is 5.97. The average Bonchev–Trinajstić information content (AvgIpc) is 2.87. The Bertz CT molecular complexity index is 504. The molecule has 4 nitrogen and oxygen atoms in total. The SMILES string of the molecule is CC.CON(C)C(=O)Cc1ccc2ccoc2c1. The minimum Gasteiger partial charge on any atom is -0.464 e. The Labute approximate surface area is 107 Å². The van der Waals surface area contributed by atoms with Gasteiger partial charge in [0.25, 0.3) is 0 Å². The lowest BCUT2D eigenvalue weighted by Gasteiger charge is -2.13. The predicted octanol–water partition coefficient (Wildman–Crippen LogP) is 3.02. The lowest BCUT2D eigenvalue weighted by atomic mass is 10.1. The number of hydrogen-bond donors (Lipinski definition) is 0. The second-order valence-corrected chi connectivity index (χ2v) is 3.54. The summed E-state index contributed by atoms with van der Waals surface area (Å²) in [6, 6.07) is 7.62. The number of carbonyl (C=O) groups is 1. The lowest BCUT2D eigenvalue weighted by Crippen LogP contribution is -2.26. The number of carbonyl (C=O) groups excluding carboxylic acids is 1. The quantitative estimate of drug-likeness (QED) is 0.785. The molecule has 0 saturated carbocycles. The van der Waals surface area contributed by atoms with Crippen LogP contribution >= 0.6 is 0 Å². The van der Waals surface area contributed by atoms with Crippen molar-refractivity contribution in [2.24, 2.45) is 0 Å². The van der Waals surface area contributed by atoms with Crippen LogP contribution in [-0.4, -0.2) is 25.1 Å². The molecular formula is C14H19NO3. The fourth-order valence-corrected chi connectivity index (χ4v) is 1.50. The summed E-state index contributed by atoms with van der Waals surface area (Å²) in [6.45, 7) is 4.00. The summed E-state index contributed by atoms with van der Waals surface area (Å²) in [6.07, 6.45) is 1.94. The highest BCUT2D eigenvalue weighted by atomic mass is 16.7. The van der Waals surface area contributed by atoms with Gasteiger partial charge in [0.15, 0.2) is 0 Å². The van der Waals surface area contributed by atoms with Gasteiger partial charge in [0, 0.05) is 12.4 Å². The van der Waals surface area contributed by atoms with Gasteiger partial charge in [0.05, 0.1) is 19.8 Å². The van der Waals surface area contributed by atoms with E-state index in [-0.39, 0.29) is 5.91 Å². The van der Waals surface area contributed by atoms with Crippen LogP contribution in [0.25, 0.3) is 11.0 Å². The van der Waals surface area contributed by atoms with Crippen LogP contribution in [0.4, 0.5) is 0 Å². The maximum Gasteiger partial charge on any atom is 0.250 e. The topological polar surface area (TPSA) is 42.7 Å². The molecule has 1 heterocycles. The Morgan fingerprint density at radius 3 is 2.72 bits per heavy atom. The van der Waals surface area contributed by atoms with Crippen molar-refractivity contribution in [1.29, 1.82) is 0 Å². The Morgan fingerprint density at radius 2 is 2.06 bits per heavy atom. The van der Waals surface area contributed by atoms with E-state index >= 15 is 0 Å². The van der Waals surface area contributed by atoms with E-state index in [9.17, 15) is 4.79 Å². The van der Waals surface area contributed by atoms with Gasteiger partial charge in [-0.25, -0.2) is 5.06 Å². The number of nitrogens with zero attached hydrogens (tertiary/aromatic N) is 1. The first kappa shape index (κ1) is 14.3. The predicted molar refractivity (Wildman–Crippen MR) is 71.0 cm³/mol. The molecule has 0 atom stereocenters. The fourth-order valence-electron chi connectivity index (χ4n) is 1.50. The molecule has 0 N–H and O–H groups in total. The van der Waals surface area contributed by atoms with Crippen LogP contribution in [0, 0.1) is 0 Å². The van der Waals surface area contributed by atoms with Gasteiger partial charge < -0.3 is 4.42 Å². The van der Waals surface area contributed by atoms with Crippen LogP contribution < -0.4 is 0 Å². The lowest BCUT2D eigenvalue weighted by molar-refractivity contribution is -0.167. The van der Waals surface area contributed by atoms with Gasteiger partial charge in [-0.05, 0) is 17.7 Å². The van der Waals surface area contributed by atoms with Crippen molar-refractivity contribution in [2.75, 3.05) is 14.2 Å². The number of hydroxylamine groups is 2. The summed E-state index contributed by atoms with van der Waals surface area (Å²) in [4.78, 5) is 16.4. The standard InChI is InChI=1S/C12H13NO3.C2H6/c1-13(15-2)12(14)8-9-3-4-10-5-6-16-11(10)7-9;1-2/h3-7H,8H2,1-2H3;1-2H3. The molecule has 0 unspecified atom stereocenters. The van der Waals surface area contributed by atoms with Gasteiger partial charge in [0.2, 0.25) is 5.91 Å². The highest BCUT2D eigenvalue weighted by molar-refractivity contribution is 5.81. The third kappa shape index (κ3) is 3.34. The van der Waals surface area contributed by atoms with Crippen LogP contribution in [0.1, 0.15) is 19.4 Å². The first-order chi connectivity index (χ1) is 8.70. The molecule has 0 bridgehead atoms. The van der Waals surface area contributed by atoms with Gasteiger partial charge in [0.1, 0.15) is 5.58 Å². The highest BCUT2D eigenvalue weighted by Crippen LogP contribution is 2.17. The van der Waals surface area contributed by atoms with Crippen LogP contribution in [0.3, 0.4) is 0 Å². The van der Waals surface area contributed by atoms with Crippen molar-refractivity contribution in [2.45, 2.75) is 20.3 Å². The van der Waals surface area contributed by atoms with E-state index < -0.39 is 0 Å². The molecule has 4 heteroatoms. The van der Waals surface area contributed by atoms with Gasteiger partial charge in [-0.15, -0.1) is 0 Å². The van der Waals surface area contributed by atoms with Crippen molar-refractivity contribution in [1.82, 2.24) is 5.06 Å². The Balaban J connectivity index is 0.000000771. The number of hydrogen-bond acceptors (Lipinski definition) is 3. The number of fused-ring (bicyclic) bond motifs is 1. The van der Waals surface area contributed by atoms with Crippen LogP contribution in [0.5, 0.6) is 0 Å². The van der Waals surface area contributed by atoms with Gasteiger partial charge in [-0.2, -0.15) is 0 Å². The summed E-state index contributed by atoms with van der Waals surface area (Å²) < 4.78 is 5.27. The second kappa shape index (κ2) is 6.81. The molecule has 2 aromatic rings. The molecule has 0 aliphatic heterocycles. The third-order valence-corrected chi connectivity index (χ3v) is 2.50. The largest absolute Gasteiger partial charge is 0.464 e. The van der Waals surface area contributed by atoms with E-state index in [0.717, 1.165) is 16.5 Å². The van der Waals surface area contributed by atoms with Gasteiger partial charge in [-0.3, -0.25) is 9.63 Å². The highest BCUT2D eigenvalue weighted by Gasteiger charge is 2.09. The monoisotopic (exact) mass is 249 g/mol. The molecule has 0 radical (unpaired) electrons. The van der Waals surface area contributed by atoms with Gasteiger partial charge >= 0.3 is 0 Å². The fraction of sp³-hybridized carbons (Fsp3) is 0.357. The van der Waals surface area contributed by atoms with Gasteiger partial charge in [-0.1, -0.05) is 26.0 Å². The van der Waals surface area contributed by atoms with Crippen molar-refractivity contribution in [3.8, 4) is 0 Å². The smallest absolute Gasteiger partial charge is 0.250 e. The van der Waals surface area contributed by atoms with E-state index in [1.807, 2.05) is 38.1 Å². The zero-order valence-corrected chi connectivity index (χ0v) is 11.3. The third-order valence-electron chi connectivity index (χ3n) is 2.50. The summed E-state index contributed by atoms with van der Waals surface area (Å²) in [7, 11) is 3.06. The van der Waals surface area contributed by atoms with Crippen molar-refractivity contribution in [3.63, 3.8) is 0 Å². The number of benzene rings is 1. The molecule has 0 fully saturated rings. The molecule has 1 amide bonds. The number of rotatable bonds is 3. The summed E-state index contributed by atoms with van der Waals surface area (Å²) in [5.41, 5.74) is 1.71. The summed E-state index contributed by atoms with van der Waals surface area (Å²) in [5.74, 6) is -0.0894. The van der Waals surface area contributed by atoms with Crippen LogP contribution in [0.2, 0.25) is 0 Å². The Kier molecular flexibility index (Phi) is 5.39. The molecule has 18 heavy (non-hydrogen) atoms. The molecule has 1 aromatic carbocycles. The van der Waals surface area contributed by atoms with E-state index in [1.54, 1.807) is 13.3 Å². The molecule has 2 rings (SSSR count). The molecule has 0 saturated heterocycles. The number of likely N-dealkylation sites (N-methyl/N-ethyl adjacent to an activating group) is 1. The van der Waals surface area contributed by atoms with E-state index in [2.05, 4.69) is 0 Å².